The molecule has 1 N–H and O–H groups in total. The van der Waals surface area contributed by atoms with Gasteiger partial charge in [-0.1, -0.05) is 42.5 Å². The number of hydrogen-bond donors (Lipinski definition) is 1. The van der Waals surface area contributed by atoms with Crippen LogP contribution < -0.4 is 10.1 Å². The number of likely N-dealkylation sites (tertiary alicyclic amines) is 2. The summed E-state index contributed by atoms with van der Waals surface area (Å²) in [6, 6.07) is 18.2. The molecule has 164 valence electrons. The Bertz CT molecular complexity index is 879. The summed E-state index contributed by atoms with van der Waals surface area (Å²) < 4.78 is 5.28. The lowest BCUT2D eigenvalue weighted by atomic mass is 10.0. The van der Waals surface area contributed by atoms with Crippen molar-refractivity contribution < 1.29 is 14.3 Å². The topological polar surface area (TPSA) is 61.9 Å². The first-order chi connectivity index (χ1) is 15.1. The average molecular weight is 422 g/mol. The fraction of sp³-hybridized carbons (Fsp3) is 0.440. The van der Waals surface area contributed by atoms with E-state index in [2.05, 4.69) is 22.3 Å². The lowest BCUT2D eigenvalue weighted by Crippen LogP contribution is -2.39. The molecule has 0 bridgehead atoms. The zero-order valence-electron chi connectivity index (χ0n) is 18.1. The van der Waals surface area contributed by atoms with Crippen LogP contribution in [0.4, 0.5) is 0 Å². The van der Waals surface area contributed by atoms with E-state index >= 15 is 0 Å². The highest BCUT2D eigenvalue weighted by Crippen LogP contribution is 2.27. The summed E-state index contributed by atoms with van der Waals surface area (Å²) in [6.07, 6.45) is 2.66. The van der Waals surface area contributed by atoms with Gasteiger partial charge in [-0.05, 0) is 49.2 Å². The van der Waals surface area contributed by atoms with Crippen LogP contribution in [0.15, 0.2) is 54.6 Å². The summed E-state index contributed by atoms with van der Waals surface area (Å²) in [5.74, 6) is 0.569. The van der Waals surface area contributed by atoms with Gasteiger partial charge >= 0.3 is 0 Å². The predicted octanol–water partition coefficient (Wildman–Crippen LogP) is 3.00. The van der Waals surface area contributed by atoms with Crippen molar-refractivity contribution in [3.8, 4) is 5.75 Å². The van der Waals surface area contributed by atoms with Gasteiger partial charge in [0, 0.05) is 26.1 Å². The maximum absolute atomic E-state index is 12.9. The normalized spacial score (nSPS) is 20.1. The third kappa shape index (κ3) is 5.25. The molecule has 2 aromatic rings. The van der Waals surface area contributed by atoms with Gasteiger partial charge in [0.05, 0.1) is 19.1 Å². The smallest absolute Gasteiger partial charge is 0.225 e. The number of hydrogen-bond acceptors (Lipinski definition) is 4. The molecule has 2 fully saturated rings. The maximum atomic E-state index is 12.9. The molecule has 0 unspecified atom stereocenters. The van der Waals surface area contributed by atoms with Crippen molar-refractivity contribution in [3.63, 3.8) is 0 Å². The molecule has 31 heavy (non-hydrogen) atoms. The standard InChI is InChI=1S/C25H31N3O3/c1-31-22-11-9-20(10-12-22)23(27-13-5-6-14-27)16-26-25(30)21-15-24(29)28(18-21)17-19-7-3-2-4-8-19/h2-4,7-12,21,23H,5-6,13-18H2,1H3,(H,26,30)/t21-,23+/m0/s1. The van der Waals surface area contributed by atoms with Gasteiger partial charge in [0.25, 0.3) is 0 Å². The van der Waals surface area contributed by atoms with E-state index in [0.717, 1.165) is 24.4 Å². The van der Waals surface area contributed by atoms with E-state index in [1.54, 1.807) is 12.0 Å². The lowest BCUT2D eigenvalue weighted by Gasteiger charge is -2.28. The van der Waals surface area contributed by atoms with Crippen LogP contribution in [0.5, 0.6) is 5.75 Å². The molecule has 2 aliphatic rings. The van der Waals surface area contributed by atoms with Crippen molar-refractivity contribution in [3.05, 3.63) is 65.7 Å². The van der Waals surface area contributed by atoms with E-state index < -0.39 is 0 Å². The molecule has 6 heteroatoms. The van der Waals surface area contributed by atoms with Crippen molar-refractivity contribution in [2.45, 2.75) is 31.8 Å². The van der Waals surface area contributed by atoms with Crippen LogP contribution in [0.2, 0.25) is 0 Å². The molecule has 2 aliphatic heterocycles. The first kappa shape index (κ1) is 21.4. The zero-order valence-corrected chi connectivity index (χ0v) is 18.1. The van der Waals surface area contributed by atoms with Crippen molar-refractivity contribution in [2.24, 2.45) is 5.92 Å². The molecule has 2 amide bonds. The number of rotatable bonds is 8. The van der Waals surface area contributed by atoms with Gasteiger partial charge in [0.1, 0.15) is 5.75 Å². The minimum absolute atomic E-state index is 0.0263. The second kappa shape index (κ2) is 9.96. The first-order valence-corrected chi connectivity index (χ1v) is 11.1. The zero-order chi connectivity index (χ0) is 21.6. The third-order valence-corrected chi connectivity index (χ3v) is 6.35. The summed E-state index contributed by atoms with van der Waals surface area (Å²) in [4.78, 5) is 29.6. The van der Waals surface area contributed by atoms with Gasteiger partial charge in [-0.2, -0.15) is 0 Å². The quantitative estimate of drug-likeness (QED) is 0.712. The van der Waals surface area contributed by atoms with Crippen molar-refractivity contribution in [2.75, 3.05) is 33.3 Å². The molecular formula is C25H31N3O3. The molecule has 0 radical (unpaired) electrons. The SMILES string of the molecule is COc1ccc([C@@H](CNC(=O)[C@H]2CC(=O)N(Cc3ccccc3)C2)N2CCCC2)cc1. The van der Waals surface area contributed by atoms with Gasteiger partial charge in [-0.25, -0.2) is 0 Å². The Balaban J connectivity index is 1.36. The predicted molar refractivity (Wildman–Crippen MR) is 120 cm³/mol. The minimum Gasteiger partial charge on any atom is -0.497 e. The number of methoxy groups -OCH3 is 1. The molecule has 0 aromatic heterocycles. The molecule has 2 aromatic carbocycles. The molecule has 2 atom stereocenters. The summed E-state index contributed by atoms with van der Waals surface area (Å²) in [7, 11) is 1.66. The summed E-state index contributed by atoms with van der Waals surface area (Å²) in [5.41, 5.74) is 2.27. The number of benzene rings is 2. The highest BCUT2D eigenvalue weighted by molar-refractivity contribution is 5.89. The molecule has 0 saturated carbocycles. The summed E-state index contributed by atoms with van der Waals surface area (Å²) in [5, 5.41) is 3.14. The highest BCUT2D eigenvalue weighted by Gasteiger charge is 2.34. The molecular weight excluding hydrogens is 390 g/mol. The van der Waals surface area contributed by atoms with Gasteiger partial charge in [-0.3, -0.25) is 14.5 Å². The van der Waals surface area contributed by atoms with Crippen LogP contribution >= 0.6 is 0 Å². The molecule has 2 heterocycles. The van der Waals surface area contributed by atoms with Crippen LogP contribution in [0, 0.1) is 5.92 Å². The van der Waals surface area contributed by atoms with Crippen LogP contribution in [0.1, 0.15) is 36.4 Å². The summed E-state index contributed by atoms with van der Waals surface area (Å²) >= 11 is 0. The molecule has 4 rings (SSSR count). The van der Waals surface area contributed by atoms with E-state index in [0.29, 0.717) is 19.6 Å². The van der Waals surface area contributed by atoms with Gasteiger partial charge < -0.3 is 15.0 Å². The Labute approximate surface area is 184 Å². The van der Waals surface area contributed by atoms with E-state index in [-0.39, 0.29) is 30.2 Å². The van der Waals surface area contributed by atoms with E-state index in [1.807, 2.05) is 42.5 Å². The number of carbonyl (C=O) groups excluding carboxylic acids is 2. The van der Waals surface area contributed by atoms with E-state index in [9.17, 15) is 9.59 Å². The fourth-order valence-electron chi connectivity index (χ4n) is 4.58. The Kier molecular flexibility index (Phi) is 6.87. The van der Waals surface area contributed by atoms with E-state index in [4.69, 9.17) is 4.74 Å². The molecule has 0 spiro atoms. The monoisotopic (exact) mass is 421 g/mol. The number of amides is 2. The van der Waals surface area contributed by atoms with Crippen LogP contribution in [-0.2, 0) is 16.1 Å². The highest BCUT2D eigenvalue weighted by atomic mass is 16.5. The minimum atomic E-state index is -0.286. The Morgan fingerprint density at radius 3 is 2.48 bits per heavy atom. The number of nitrogens with one attached hydrogen (secondary N) is 1. The largest absolute Gasteiger partial charge is 0.497 e. The Morgan fingerprint density at radius 1 is 1.10 bits per heavy atom. The Morgan fingerprint density at radius 2 is 1.81 bits per heavy atom. The van der Waals surface area contributed by atoms with Crippen LogP contribution in [0.3, 0.4) is 0 Å². The van der Waals surface area contributed by atoms with Crippen molar-refractivity contribution in [1.29, 1.82) is 0 Å². The lowest BCUT2D eigenvalue weighted by molar-refractivity contribution is -0.129. The van der Waals surface area contributed by atoms with Gasteiger partial charge in [-0.15, -0.1) is 0 Å². The summed E-state index contributed by atoms with van der Waals surface area (Å²) in [6.45, 7) is 3.68. The van der Waals surface area contributed by atoms with E-state index in [1.165, 1.54) is 18.4 Å². The van der Waals surface area contributed by atoms with Crippen LogP contribution in [0.25, 0.3) is 0 Å². The second-order valence-corrected chi connectivity index (χ2v) is 8.44. The third-order valence-electron chi connectivity index (χ3n) is 6.35. The number of carbonyl (C=O) groups is 2. The van der Waals surface area contributed by atoms with Crippen LogP contribution in [-0.4, -0.2) is 54.9 Å². The second-order valence-electron chi connectivity index (χ2n) is 8.44. The fourth-order valence-corrected chi connectivity index (χ4v) is 4.58. The van der Waals surface area contributed by atoms with Crippen molar-refractivity contribution in [1.82, 2.24) is 15.1 Å². The maximum Gasteiger partial charge on any atom is 0.225 e. The average Bonchev–Trinajstić information content (AvgIpc) is 3.45. The molecule has 0 aliphatic carbocycles. The first-order valence-electron chi connectivity index (χ1n) is 11.1. The van der Waals surface area contributed by atoms with Gasteiger partial charge in [0.15, 0.2) is 0 Å². The Hall–Kier alpha value is -2.86. The number of nitrogens with zero attached hydrogens (tertiary/aromatic N) is 2. The molecule has 2 saturated heterocycles. The van der Waals surface area contributed by atoms with Gasteiger partial charge in [0.2, 0.25) is 11.8 Å². The molecule has 6 nitrogen and oxygen atoms in total. The van der Waals surface area contributed by atoms with Crippen molar-refractivity contribution >= 4 is 11.8 Å². The number of ether oxygens (including phenoxy) is 1.